The minimum atomic E-state index is -1.83. The molecule has 1 atom stereocenters. The Morgan fingerprint density at radius 1 is 1.27 bits per heavy atom. The molecule has 0 spiro atoms. The van der Waals surface area contributed by atoms with Crippen LogP contribution in [0, 0.1) is 0 Å². The number of carbonyl (C=O) groups excluding carboxylic acids is 1. The lowest BCUT2D eigenvalue weighted by Gasteiger charge is -2.31. The van der Waals surface area contributed by atoms with Crippen LogP contribution in [-0.2, 0) is 34.7 Å². The second-order valence-electron chi connectivity index (χ2n) is 7.93. The number of fused-ring (bicyclic) bond motifs is 5. The summed E-state index contributed by atoms with van der Waals surface area (Å²) in [6, 6.07) is 5.18. The van der Waals surface area contributed by atoms with Gasteiger partial charge < -0.3 is 19.5 Å². The van der Waals surface area contributed by atoms with Crippen molar-refractivity contribution < 1.29 is 19.7 Å². The molecule has 8 heteroatoms. The second-order valence-corrected chi connectivity index (χ2v) is 9.03. The Morgan fingerprint density at radius 3 is 2.90 bits per heavy atom. The number of aliphatic hydroxyl groups is 1. The van der Waals surface area contributed by atoms with E-state index in [1.807, 2.05) is 0 Å². The van der Waals surface area contributed by atoms with Crippen LogP contribution in [0.2, 0.25) is 0 Å². The number of aryl methyl sites for hydroxylation is 1. The highest BCUT2D eigenvalue weighted by atomic mass is 32.2. The van der Waals surface area contributed by atoms with Crippen LogP contribution < -0.4 is 5.56 Å². The van der Waals surface area contributed by atoms with Gasteiger partial charge in [-0.25, -0.2) is 9.78 Å². The van der Waals surface area contributed by atoms with Crippen LogP contribution in [-0.4, -0.2) is 31.5 Å². The number of carbonyl (C=O) groups is 1. The number of benzene rings is 1. The molecule has 7 nitrogen and oxygen atoms in total. The van der Waals surface area contributed by atoms with Gasteiger partial charge in [-0.2, -0.15) is 0 Å². The van der Waals surface area contributed by atoms with Crippen molar-refractivity contribution in [3.63, 3.8) is 0 Å². The molecule has 3 aliphatic rings. The number of aromatic hydroxyl groups is 1. The van der Waals surface area contributed by atoms with Crippen molar-refractivity contribution in [2.45, 2.75) is 43.4 Å². The fourth-order valence-electron chi connectivity index (χ4n) is 4.90. The average Bonchev–Trinajstić information content (AvgIpc) is 3.13. The van der Waals surface area contributed by atoms with E-state index in [0.29, 0.717) is 29.1 Å². The molecular formula is C22H18N2O5S. The van der Waals surface area contributed by atoms with Gasteiger partial charge in [0.15, 0.2) is 5.60 Å². The number of pyridine rings is 2. The normalized spacial score (nSPS) is 21.2. The van der Waals surface area contributed by atoms with Gasteiger partial charge in [0.25, 0.3) is 5.56 Å². The van der Waals surface area contributed by atoms with E-state index in [2.05, 4.69) is 0 Å². The fraction of sp³-hybridized carbons (Fsp3) is 0.318. The molecule has 5 heterocycles. The van der Waals surface area contributed by atoms with E-state index in [4.69, 9.17) is 9.72 Å². The van der Waals surface area contributed by atoms with Gasteiger partial charge in [-0.1, -0.05) is 6.92 Å². The number of rotatable bonds is 1. The minimum Gasteiger partial charge on any atom is -0.507 e. The molecular weight excluding hydrogens is 404 g/mol. The van der Waals surface area contributed by atoms with Crippen LogP contribution in [0.15, 0.2) is 27.9 Å². The molecule has 0 saturated carbocycles. The highest BCUT2D eigenvalue weighted by molar-refractivity contribution is 7.99. The number of esters is 1. The zero-order valence-corrected chi connectivity index (χ0v) is 17.0. The van der Waals surface area contributed by atoms with Crippen molar-refractivity contribution in [1.29, 1.82) is 0 Å². The van der Waals surface area contributed by atoms with Gasteiger partial charge in [0, 0.05) is 22.3 Å². The lowest BCUT2D eigenvalue weighted by Crippen LogP contribution is -2.44. The molecule has 0 unspecified atom stereocenters. The summed E-state index contributed by atoms with van der Waals surface area (Å²) >= 11 is 1.62. The summed E-state index contributed by atoms with van der Waals surface area (Å²) in [5, 5.41) is 22.2. The van der Waals surface area contributed by atoms with Gasteiger partial charge in [-0.15, -0.1) is 11.8 Å². The molecule has 0 amide bonds. The fourth-order valence-corrected chi connectivity index (χ4v) is 6.00. The van der Waals surface area contributed by atoms with Crippen molar-refractivity contribution in [3.8, 4) is 17.1 Å². The third-order valence-electron chi connectivity index (χ3n) is 6.50. The third kappa shape index (κ3) is 2.07. The molecule has 2 aromatic heterocycles. The zero-order valence-electron chi connectivity index (χ0n) is 16.2. The van der Waals surface area contributed by atoms with Gasteiger partial charge in [-0.05, 0) is 36.6 Å². The number of phenolic OH excluding ortho intramolecular Hbond substituents is 1. The predicted molar refractivity (Wildman–Crippen MR) is 111 cm³/mol. The zero-order chi connectivity index (χ0) is 20.8. The Balaban J connectivity index is 1.68. The van der Waals surface area contributed by atoms with Gasteiger partial charge in [0.1, 0.15) is 12.4 Å². The van der Waals surface area contributed by atoms with Crippen molar-refractivity contribution in [2.24, 2.45) is 0 Å². The molecule has 0 radical (unpaired) electrons. The summed E-state index contributed by atoms with van der Waals surface area (Å²) < 4.78 is 6.78. The first-order valence-electron chi connectivity index (χ1n) is 9.91. The highest BCUT2D eigenvalue weighted by Crippen LogP contribution is 2.46. The van der Waals surface area contributed by atoms with E-state index >= 15 is 0 Å². The SMILES string of the molecule is CC[C@@]1(O)C(=O)OCc2c1cc1n(c2=O)Cc2c-1nc1ccc(O)c3c1c2CCS3. The van der Waals surface area contributed by atoms with Crippen molar-refractivity contribution in [1.82, 2.24) is 9.55 Å². The van der Waals surface area contributed by atoms with Crippen molar-refractivity contribution in [3.05, 3.63) is 50.8 Å². The first kappa shape index (κ1) is 18.0. The van der Waals surface area contributed by atoms with Gasteiger partial charge >= 0.3 is 5.97 Å². The molecule has 0 saturated heterocycles. The van der Waals surface area contributed by atoms with Crippen LogP contribution in [0.1, 0.15) is 35.6 Å². The summed E-state index contributed by atoms with van der Waals surface area (Å²) in [5.41, 5.74) is 2.73. The van der Waals surface area contributed by atoms with Crippen LogP contribution in [0.5, 0.6) is 5.75 Å². The summed E-state index contributed by atoms with van der Waals surface area (Å²) in [5.74, 6) is 0.372. The monoisotopic (exact) mass is 422 g/mol. The third-order valence-corrected chi connectivity index (χ3v) is 7.61. The lowest BCUT2D eigenvalue weighted by atomic mass is 9.86. The summed E-state index contributed by atoms with van der Waals surface area (Å²) in [4.78, 5) is 31.3. The van der Waals surface area contributed by atoms with E-state index in [0.717, 1.165) is 39.1 Å². The van der Waals surface area contributed by atoms with Crippen LogP contribution >= 0.6 is 11.8 Å². The second kappa shape index (κ2) is 5.86. The lowest BCUT2D eigenvalue weighted by molar-refractivity contribution is -0.172. The van der Waals surface area contributed by atoms with Crippen LogP contribution in [0.25, 0.3) is 22.3 Å². The summed E-state index contributed by atoms with van der Waals surface area (Å²) in [6.07, 6.45) is 0.941. The van der Waals surface area contributed by atoms with Gasteiger partial charge in [0.2, 0.25) is 0 Å². The van der Waals surface area contributed by atoms with Crippen LogP contribution in [0.3, 0.4) is 0 Å². The summed E-state index contributed by atoms with van der Waals surface area (Å²) in [7, 11) is 0. The largest absolute Gasteiger partial charge is 0.507 e. The Bertz CT molecular complexity index is 1360. The number of aromatic nitrogens is 2. The molecule has 2 N–H and O–H groups in total. The van der Waals surface area contributed by atoms with E-state index in [-0.39, 0.29) is 24.3 Å². The van der Waals surface area contributed by atoms with Gasteiger partial charge in [-0.3, -0.25) is 4.79 Å². The maximum absolute atomic E-state index is 13.3. The number of ether oxygens (including phenoxy) is 1. The number of cyclic esters (lactones) is 1. The number of nitrogens with zero attached hydrogens (tertiary/aromatic N) is 2. The van der Waals surface area contributed by atoms with Gasteiger partial charge in [0.05, 0.1) is 33.9 Å². The molecule has 30 heavy (non-hydrogen) atoms. The molecule has 6 rings (SSSR count). The maximum atomic E-state index is 13.3. The van der Waals surface area contributed by atoms with E-state index < -0.39 is 11.6 Å². The Kier molecular flexibility index (Phi) is 3.51. The predicted octanol–water partition coefficient (Wildman–Crippen LogP) is 2.43. The van der Waals surface area contributed by atoms with Crippen molar-refractivity contribution in [2.75, 3.05) is 5.75 Å². The quantitative estimate of drug-likeness (QED) is 0.454. The number of phenols is 1. The Morgan fingerprint density at radius 2 is 2.10 bits per heavy atom. The number of thioether (sulfide) groups is 1. The number of hydrogen-bond donors (Lipinski definition) is 2. The molecule has 0 fully saturated rings. The molecule has 3 aliphatic heterocycles. The maximum Gasteiger partial charge on any atom is 0.343 e. The molecule has 152 valence electrons. The Labute approximate surface area is 175 Å². The van der Waals surface area contributed by atoms with E-state index in [1.165, 1.54) is 0 Å². The Hall–Kier alpha value is -2.84. The molecule has 1 aromatic carbocycles. The molecule has 0 bridgehead atoms. The summed E-state index contributed by atoms with van der Waals surface area (Å²) in [6.45, 7) is 1.94. The van der Waals surface area contributed by atoms with Crippen LogP contribution in [0.4, 0.5) is 0 Å². The first-order valence-corrected chi connectivity index (χ1v) is 10.9. The average molecular weight is 422 g/mol. The standard InChI is InChI=1S/C22H18N2O5S/c1-2-22(28)13-7-15-18-11(8-24(15)20(26)12(13)9-29-21(22)27)10-5-6-30-19-16(25)4-3-14(23-18)17(10)19/h3-4,7,25,28H,2,5-6,8-9H2,1H3/t22-/m0/s1. The van der Waals surface area contributed by atoms with Crippen molar-refractivity contribution >= 4 is 28.6 Å². The first-order chi connectivity index (χ1) is 14.4. The molecule has 3 aromatic rings. The number of hydrogen-bond acceptors (Lipinski definition) is 7. The molecule has 0 aliphatic carbocycles. The van der Waals surface area contributed by atoms with E-state index in [9.17, 15) is 19.8 Å². The highest BCUT2D eigenvalue weighted by Gasteiger charge is 2.45. The smallest absolute Gasteiger partial charge is 0.343 e. The van der Waals surface area contributed by atoms with E-state index in [1.54, 1.807) is 41.5 Å². The minimum absolute atomic E-state index is 0.116. The topological polar surface area (TPSA) is 102 Å².